The molecule has 1 aliphatic heterocycles. The highest BCUT2D eigenvalue weighted by Gasteiger charge is 2.29. The molecule has 0 aromatic carbocycles. The minimum Gasteiger partial charge on any atom is -0.333 e. The lowest BCUT2D eigenvalue weighted by Crippen LogP contribution is -2.33. The van der Waals surface area contributed by atoms with Gasteiger partial charge in [0.25, 0.3) is 0 Å². The van der Waals surface area contributed by atoms with Gasteiger partial charge in [0.1, 0.15) is 0 Å². The lowest BCUT2D eigenvalue weighted by Gasteiger charge is -2.17. The molecule has 1 aliphatic rings. The van der Waals surface area contributed by atoms with Crippen LogP contribution in [-0.4, -0.2) is 18.1 Å². The van der Waals surface area contributed by atoms with Crippen LogP contribution in [-0.2, 0) is 0 Å². The third kappa shape index (κ3) is 3.20. The van der Waals surface area contributed by atoms with Crippen molar-refractivity contribution in [3.8, 4) is 0 Å². The third-order valence-electron chi connectivity index (χ3n) is 2.86. The topological polar surface area (TPSA) is 41.1 Å². The van der Waals surface area contributed by atoms with Crippen molar-refractivity contribution in [2.24, 2.45) is 0 Å². The number of unbranched alkanes of at least 4 members (excludes halogenated alkanes) is 2. The fourth-order valence-corrected chi connectivity index (χ4v) is 1.97. The fraction of sp³-hybridized carbons (Fsp3) is 0.909. The van der Waals surface area contributed by atoms with Crippen LogP contribution in [0.5, 0.6) is 0 Å². The highest BCUT2D eigenvalue weighted by molar-refractivity contribution is 5.77. The summed E-state index contributed by atoms with van der Waals surface area (Å²) in [5.41, 5.74) is 0. The van der Waals surface area contributed by atoms with Crippen LogP contribution in [0.2, 0.25) is 0 Å². The summed E-state index contributed by atoms with van der Waals surface area (Å²) in [6, 6.07) is 0.759. The van der Waals surface area contributed by atoms with Gasteiger partial charge in [-0.1, -0.05) is 39.5 Å². The zero-order valence-electron chi connectivity index (χ0n) is 9.31. The maximum Gasteiger partial charge on any atom is 0.315 e. The normalized spacial score (nSPS) is 26.0. The molecule has 82 valence electrons. The largest absolute Gasteiger partial charge is 0.333 e. The number of rotatable bonds is 6. The first-order valence-corrected chi connectivity index (χ1v) is 5.85. The second kappa shape index (κ2) is 5.89. The molecule has 14 heavy (non-hydrogen) atoms. The lowest BCUT2D eigenvalue weighted by atomic mass is 9.99. The summed E-state index contributed by atoms with van der Waals surface area (Å²) >= 11 is 0. The molecule has 2 amide bonds. The van der Waals surface area contributed by atoms with Gasteiger partial charge in [-0.15, -0.1) is 0 Å². The maximum atomic E-state index is 11.2. The van der Waals surface area contributed by atoms with E-state index in [0.717, 1.165) is 12.8 Å². The standard InChI is InChI=1S/C11H22N2O/c1-3-5-7-9-10(8-6-4-2)13-11(14)12-9/h9-10H,3-8H2,1-2H3,(H2,12,13,14). The van der Waals surface area contributed by atoms with Crippen molar-refractivity contribution in [2.45, 2.75) is 64.5 Å². The van der Waals surface area contributed by atoms with Gasteiger partial charge in [-0.25, -0.2) is 4.79 Å². The second-order valence-corrected chi connectivity index (χ2v) is 4.12. The molecule has 2 unspecified atom stereocenters. The first kappa shape index (κ1) is 11.3. The van der Waals surface area contributed by atoms with E-state index in [-0.39, 0.29) is 6.03 Å². The van der Waals surface area contributed by atoms with Crippen LogP contribution in [0.3, 0.4) is 0 Å². The van der Waals surface area contributed by atoms with E-state index in [1.54, 1.807) is 0 Å². The summed E-state index contributed by atoms with van der Waals surface area (Å²) in [6.07, 6.45) is 7.04. The van der Waals surface area contributed by atoms with Crippen molar-refractivity contribution in [3.63, 3.8) is 0 Å². The van der Waals surface area contributed by atoms with Gasteiger partial charge in [-0.3, -0.25) is 0 Å². The van der Waals surface area contributed by atoms with Crippen molar-refractivity contribution in [1.29, 1.82) is 0 Å². The molecule has 1 rings (SSSR count). The molecule has 0 aliphatic carbocycles. The second-order valence-electron chi connectivity index (χ2n) is 4.12. The Labute approximate surface area is 86.6 Å². The van der Waals surface area contributed by atoms with Gasteiger partial charge in [-0.2, -0.15) is 0 Å². The molecule has 0 saturated carbocycles. The highest BCUT2D eigenvalue weighted by Crippen LogP contribution is 2.14. The van der Waals surface area contributed by atoms with E-state index in [1.807, 2.05) is 0 Å². The molecule has 1 heterocycles. The number of urea groups is 1. The molecule has 1 saturated heterocycles. The molecule has 0 bridgehead atoms. The number of nitrogens with one attached hydrogen (secondary N) is 2. The van der Waals surface area contributed by atoms with E-state index in [1.165, 1.54) is 25.7 Å². The highest BCUT2D eigenvalue weighted by atomic mass is 16.2. The van der Waals surface area contributed by atoms with E-state index in [4.69, 9.17) is 0 Å². The predicted molar refractivity (Wildman–Crippen MR) is 58.3 cm³/mol. The van der Waals surface area contributed by atoms with Crippen LogP contribution in [0.15, 0.2) is 0 Å². The third-order valence-corrected chi connectivity index (χ3v) is 2.86. The number of hydrogen-bond donors (Lipinski definition) is 2. The van der Waals surface area contributed by atoms with Crippen molar-refractivity contribution in [1.82, 2.24) is 10.6 Å². The molecule has 0 radical (unpaired) electrons. The molecule has 3 heteroatoms. The van der Waals surface area contributed by atoms with E-state index in [9.17, 15) is 4.79 Å². The molecule has 2 N–H and O–H groups in total. The summed E-state index contributed by atoms with van der Waals surface area (Å²) < 4.78 is 0. The summed E-state index contributed by atoms with van der Waals surface area (Å²) in [7, 11) is 0. The summed E-state index contributed by atoms with van der Waals surface area (Å²) in [6.45, 7) is 4.37. The monoisotopic (exact) mass is 198 g/mol. The molecule has 3 nitrogen and oxygen atoms in total. The van der Waals surface area contributed by atoms with E-state index in [0.29, 0.717) is 12.1 Å². The Bertz CT molecular complexity index is 164. The van der Waals surface area contributed by atoms with Crippen molar-refractivity contribution in [2.75, 3.05) is 0 Å². The maximum absolute atomic E-state index is 11.2. The van der Waals surface area contributed by atoms with Crippen molar-refractivity contribution < 1.29 is 4.79 Å². The van der Waals surface area contributed by atoms with Crippen LogP contribution in [0.25, 0.3) is 0 Å². The molecule has 0 aromatic rings. The van der Waals surface area contributed by atoms with Gasteiger partial charge in [0.2, 0.25) is 0 Å². The van der Waals surface area contributed by atoms with Gasteiger partial charge < -0.3 is 10.6 Å². The number of carbonyl (C=O) groups is 1. The van der Waals surface area contributed by atoms with E-state index >= 15 is 0 Å². The van der Waals surface area contributed by atoms with Crippen molar-refractivity contribution in [3.05, 3.63) is 0 Å². The van der Waals surface area contributed by atoms with Crippen LogP contribution >= 0.6 is 0 Å². The molecule has 2 atom stereocenters. The van der Waals surface area contributed by atoms with Crippen molar-refractivity contribution >= 4 is 6.03 Å². The lowest BCUT2D eigenvalue weighted by molar-refractivity contribution is 0.246. The molecular weight excluding hydrogens is 176 g/mol. The van der Waals surface area contributed by atoms with Crippen LogP contribution in [0.1, 0.15) is 52.4 Å². The zero-order valence-corrected chi connectivity index (χ0v) is 9.31. The number of amides is 2. The number of carbonyl (C=O) groups excluding carboxylic acids is 1. The first-order valence-electron chi connectivity index (χ1n) is 5.85. The van der Waals surface area contributed by atoms with Crippen LogP contribution < -0.4 is 10.6 Å². The molecule has 0 aromatic heterocycles. The van der Waals surface area contributed by atoms with E-state index in [2.05, 4.69) is 24.5 Å². The first-order chi connectivity index (χ1) is 6.77. The van der Waals surface area contributed by atoms with Gasteiger partial charge in [0.05, 0.1) is 12.1 Å². The Morgan fingerprint density at radius 1 is 1.00 bits per heavy atom. The SMILES string of the molecule is CCCCC1NC(=O)NC1CCCC. The Morgan fingerprint density at radius 2 is 1.43 bits per heavy atom. The zero-order chi connectivity index (χ0) is 10.4. The minimum absolute atomic E-state index is 0.0206. The van der Waals surface area contributed by atoms with E-state index < -0.39 is 0 Å². The quantitative estimate of drug-likeness (QED) is 0.676. The summed E-state index contributed by atoms with van der Waals surface area (Å²) in [5.74, 6) is 0. The Balaban J connectivity index is 2.33. The molecule has 1 fully saturated rings. The van der Waals surface area contributed by atoms with Gasteiger partial charge >= 0.3 is 6.03 Å². The Hall–Kier alpha value is -0.730. The number of hydrogen-bond acceptors (Lipinski definition) is 1. The van der Waals surface area contributed by atoms with Crippen LogP contribution in [0, 0.1) is 0 Å². The van der Waals surface area contributed by atoms with Gasteiger partial charge in [-0.05, 0) is 12.8 Å². The molecule has 0 spiro atoms. The molecular formula is C11H22N2O. The average molecular weight is 198 g/mol. The van der Waals surface area contributed by atoms with Gasteiger partial charge in [0.15, 0.2) is 0 Å². The average Bonchev–Trinajstić information content (AvgIpc) is 2.52. The minimum atomic E-state index is 0.0206. The predicted octanol–water partition coefficient (Wildman–Crippen LogP) is 2.42. The summed E-state index contributed by atoms with van der Waals surface area (Å²) in [5, 5.41) is 6.00. The Kier molecular flexibility index (Phi) is 4.77. The Morgan fingerprint density at radius 3 is 1.79 bits per heavy atom. The van der Waals surface area contributed by atoms with Crippen LogP contribution in [0.4, 0.5) is 4.79 Å². The summed E-state index contributed by atoms with van der Waals surface area (Å²) in [4.78, 5) is 11.2. The smallest absolute Gasteiger partial charge is 0.315 e. The van der Waals surface area contributed by atoms with Gasteiger partial charge in [0, 0.05) is 0 Å². The fourth-order valence-electron chi connectivity index (χ4n) is 1.97.